The molecule has 2 amide bonds. The third-order valence-electron chi connectivity index (χ3n) is 6.48. The van der Waals surface area contributed by atoms with Crippen molar-refractivity contribution in [3.8, 4) is 11.1 Å². The van der Waals surface area contributed by atoms with Crippen molar-refractivity contribution in [2.45, 2.75) is 55.0 Å². The molecule has 0 aliphatic carbocycles. The molecule has 1 heterocycles. The number of thioether (sulfide) groups is 1. The molecule has 0 aliphatic heterocycles. The number of halogens is 2. The molecule has 3 aromatic carbocycles. The largest absolute Gasteiger partial charge is 0.476 e. The van der Waals surface area contributed by atoms with E-state index in [0.717, 1.165) is 12.0 Å². The number of rotatable bonds is 13. The van der Waals surface area contributed by atoms with Crippen LogP contribution in [-0.2, 0) is 29.5 Å². The van der Waals surface area contributed by atoms with E-state index < -0.39 is 27.8 Å². The van der Waals surface area contributed by atoms with Crippen molar-refractivity contribution in [3.05, 3.63) is 102 Å². The van der Waals surface area contributed by atoms with E-state index in [2.05, 4.69) is 15.0 Å². The molecule has 0 aliphatic rings. The Morgan fingerprint density at radius 1 is 0.977 bits per heavy atom. The molecule has 1 aromatic heterocycles. The fourth-order valence-corrected chi connectivity index (χ4v) is 6.24. The molecule has 0 atom stereocenters. The number of unbranched alkanes of at least 4 members (excludes halogenated alkanes) is 1. The molecule has 0 unspecified atom stereocenters. The van der Waals surface area contributed by atoms with Crippen molar-refractivity contribution in [1.29, 1.82) is 0 Å². The minimum Gasteiger partial charge on any atom is -0.476 e. The number of aryl methyl sites for hydroxylation is 1. The summed E-state index contributed by atoms with van der Waals surface area (Å²) in [5, 5.41) is 12.1. The summed E-state index contributed by atoms with van der Waals surface area (Å²) in [5.74, 6) is -3.77. The topological polar surface area (TPSA) is 130 Å². The van der Waals surface area contributed by atoms with Crippen molar-refractivity contribution in [1.82, 2.24) is 19.6 Å². The third-order valence-corrected chi connectivity index (χ3v) is 8.55. The van der Waals surface area contributed by atoms with Gasteiger partial charge >= 0.3 is 12.0 Å². The van der Waals surface area contributed by atoms with Gasteiger partial charge in [0.2, 0.25) is 0 Å². The summed E-state index contributed by atoms with van der Waals surface area (Å²) in [6, 6.07) is 21.2. The van der Waals surface area contributed by atoms with Gasteiger partial charge in [0.1, 0.15) is 10.9 Å². The minimum absolute atomic E-state index is 0.0703. The number of nitrogens with one attached hydrogen (secondary N) is 2. The van der Waals surface area contributed by atoms with Crippen molar-refractivity contribution in [2.24, 2.45) is 0 Å². The Morgan fingerprint density at radius 3 is 2.30 bits per heavy atom. The number of hydrogen-bond donors (Lipinski definition) is 3. The monoisotopic (exact) mass is 628 g/mol. The normalized spacial score (nSPS) is 11.4. The van der Waals surface area contributed by atoms with Crippen LogP contribution < -0.4 is 10.0 Å². The number of aromatic nitrogens is 2. The first kappa shape index (κ1) is 31.7. The molecule has 13 heteroatoms. The molecule has 43 heavy (non-hydrogen) atoms. The number of alkyl halides is 2. The number of hydrogen-bond acceptors (Lipinski definition) is 6. The highest BCUT2D eigenvalue weighted by molar-refractivity contribution is 7.99. The standard InChI is InChI=1S/C30H30F2N4O5S2/c1-2-3-13-25-34-27(42-29(31)32)26(28(37)38)36(25)19-21-14-16-22(17-15-21)23-11-7-8-12-24(23)43(40,41)35-30(39)33-18-20-9-5-4-6-10-20/h4-12,14-17,29H,2-3,13,18-19H2,1H3,(H,37,38)(H2,33,35,39). The maximum absolute atomic E-state index is 13.2. The molecule has 0 bridgehead atoms. The van der Waals surface area contributed by atoms with E-state index in [1.807, 2.05) is 25.1 Å². The lowest BCUT2D eigenvalue weighted by molar-refractivity contribution is 0.0681. The van der Waals surface area contributed by atoms with Crippen LogP contribution in [0.1, 0.15) is 47.2 Å². The lowest BCUT2D eigenvalue weighted by Gasteiger charge is -2.14. The van der Waals surface area contributed by atoms with E-state index in [9.17, 15) is 31.9 Å². The SMILES string of the molecule is CCCCc1nc(SC(F)F)c(C(=O)O)n1Cc1ccc(-c2ccccc2S(=O)(=O)NC(=O)NCc2ccccc2)cc1. The highest BCUT2D eigenvalue weighted by Gasteiger charge is 2.26. The van der Waals surface area contributed by atoms with Gasteiger partial charge < -0.3 is 15.0 Å². The highest BCUT2D eigenvalue weighted by Crippen LogP contribution is 2.31. The van der Waals surface area contributed by atoms with Crippen LogP contribution >= 0.6 is 11.8 Å². The van der Waals surface area contributed by atoms with Gasteiger partial charge in [-0.3, -0.25) is 0 Å². The Labute approximate surface area is 252 Å². The predicted molar refractivity (Wildman–Crippen MR) is 160 cm³/mol. The number of carboxylic acids is 1. The van der Waals surface area contributed by atoms with Gasteiger partial charge in [-0.25, -0.2) is 27.7 Å². The number of carboxylic acid groups (broad SMARTS) is 1. The Balaban J connectivity index is 1.56. The van der Waals surface area contributed by atoms with Crippen LogP contribution in [0.5, 0.6) is 0 Å². The first-order chi connectivity index (χ1) is 20.6. The zero-order valence-electron chi connectivity index (χ0n) is 23.2. The number of amides is 2. The van der Waals surface area contributed by atoms with E-state index in [1.165, 1.54) is 10.6 Å². The van der Waals surface area contributed by atoms with Gasteiger partial charge in [0, 0.05) is 25.1 Å². The quantitative estimate of drug-likeness (QED) is 0.152. The first-order valence-electron chi connectivity index (χ1n) is 13.4. The summed E-state index contributed by atoms with van der Waals surface area (Å²) in [6.07, 6.45) is 1.94. The van der Waals surface area contributed by atoms with Gasteiger partial charge in [-0.15, -0.1) is 0 Å². The van der Waals surface area contributed by atoms with Gasteiger partial charge in [0.25, 0.3) is 15.8 Å². The molecule has 0 saturated carbocycles. The van der Waals surface area contributed by atoms with E-state index in [-0.39, 0.29) is 40.5 Å². The highest BCUT2D eigenvalue weighted by atomic mass is 32.2. The van der Waals surface area contributed by atoms with Crippen LogP contribution in [0.4, 0.5) is 13.6 Å². The number of benzene rings is 3. The van der Waals surface area contributed by atoms with Gasteiger partial charge in [0.15, 0.2) is 5.69 Å². The van der Waals surface area contributed by atoms with E-state index >= 15 is 0 Å². The maximum Gasteiger partial charge on any atom is 0.355 e. The molecular weight excluding hydrogens is 598 g/mol. The molecule has 0 radical (unpaired) electrons. The number of aromatic carboxylic acids is 1. The first-order valence-corrected chi connectivity index (χ1v) is 15.8. The third kappa shape index (κ3) is 8.20. The number of carbonyl (C=O) groups is 2. The fraction of sp³-hybridized carbons (Fsp3) is 0.233. The second-order valence-corrected chi connectivity index (χ2v) is 12.2. The van der Waals surface area contributed by atoms with Crippen molar-refractivity contribution < 1.29 is 31.9 Å². The zero-order chi connectivity index (χ0) is 31.0. The molecular formula is C30H30F2N4O5S2. The molecule has 3 N–H and O–H groups in total. The van der Waals surface area contributed by atoms with Crippen LogP contribution in [0.15, 0.2) is 88.8 Å². The Kier molecular flexibility index (Phi) is 10.5. The van der Waals surface area contributed by atoms with Crippen LogP contribution in [-0.4, -0.2) is 40.8 Å². The number of nitrogens with zero attached hydrogens (tertiary/aromatic N) is 2. The average molecular weight is 629 g/mol. The molecule has 0 fully saturated rings. The van der Waals surface area contributed by atoms with E-state index in [4.69, 9.17) is 0 Å². The Hall–Kier alpha value is -4.23. The Morgan fingerprint density at radius 2 is 1.65 bits per heavy atom. The summed E-state index contributed by atoms with van der Waals surface area (Å²) >= 11 is 0.104. The van der Waals surface area contributed by atoms with Crippen LogP contribution in [0.3, 0.4) is 0 Å². The van der Waals surface area contributed by atoms with Crippen LogP contribution in [0, 0.1) is 0 Å². The van der Waals surface area contributed by atoms with E-state index in [1.54, 1.807) is 54.6 Å². The number of carbonyl (C=O) groups excluding carboxylic acids is 1. The average Bonchev–Trinajstić information content (AvgIpc) is 3.31. The summed E-state index contributed by atoms with van der Waals surface area (Å²) in [4.78, 5) is 28.6. The zero-order valence-corrected chi connectivity index (χ0v) is 24.8. The summed E-state index contributed by atoms with van der Waals surface area (Å²) < 4.78 is 56.1. The second kappa shape index (κ2) is 14.3. The van der Waals surface area contributed by atoms with Crippen molar-refractivity contribution >= 4 is 33.8 Å². The molecule has 4 aromatic rings. The maximum atomic E-state index is 13.2. The molecule has 9 nitrogen and oxygen atoms in total. The predicted octanol–water partition coefficient (Wildman–Crippen LogP) is 6.14. The minimum atomic E-state index is -4.24. The van der Waals surface area contributed by atoms with E-state index in [0.29, 0.717) is 35.4 Å². The molecule has 0 saturated heterocycles. The van der Waals surface area contributed by atoms with Gasteiger partial charge in [-0.2, -0.15) is 8.78 Å². The van der Waals surface area contributed by atoms with Crippen molar-refractivity contribution in [2.75, 3.05) is 0 Å². The summed E-state index contributed by atoms with van der Waals surface area (Å²) in [7, 11) is -4.24. The van der Waals surface area contributed by atoms with Crippen molar-refractivity contribution in [3.63, 3.8) is 0 Å². The molecule has 0 spiro atoms. The lowest BCUT2D eigenvalue weighted by atomic mass is 10.0. The molecule has 4 rings (SSSR count). The van der Waals surface area contributed by atoms with Gasteiger partial charge in [0.05, 0.1) is 4.90 Å². The molecule has 226 valence electrons. The lowest BCUT2D eigenvalue weighted by Crippen LogP contribution is -2.39. The van der Waals surface area contributed by atoms with Gasteiger partial charge in [-0.05, 0) is 40.9 Å². The van der Waals surface area contributed by atoms with Crippen LogP contribution in [0.25, 0.3) is 11.1 Å². The second-order valence-electron chi connectivity index (χ2n) is 9.52. The number of imidazole rings is 1. The number of urea groups is 1. The fourth-order valence-electron chi connectivity index (χ4n) is 4.45. The Bertz CT molecular complexity index is 1680. The van der Waals surface area contributed by atoms with Gasteiger partial charge in [-0.1, -0.05) is 86.1 Å². The summed E-state index contributed by atoms with van der Waals surface area (Å²) in [6.45, 7) is 2.18. The summed E-state index contributed by atoms with van der Waals surface area (Å²) in [5.41, 5.74) is 2.06. The van der Waals surface area contributed by atoms with Crippen LogP contribution in [0.2, 0.25) is 0 Å². The smallest absolute Gasteiger partial charge is 0.355 e. The number of sulfonamides is 1.